The van der Waals surface area contributed by atoms with Crippen molar-refractivity contribution in [2.24, 2.45) is 0 Å². The number of aryl methyl sites for hydroxylation is 1. The predicted octanol–water partition coefficient (Wildman–Crippen LogP) is 5.82. The highest BCUT2D eigenvalue weighted by Gasteiger charge is 2.13. The van der Waals surface area contributed by atoms with Crippen LogP contribution >= 0.6 is 11.3 Å². The smallest absolute Gasteiger partial charge is 0.349 e. The predicted molar refractivity (Wildman–Crippen MR) is 131 cm³/mol. The van der Waals surface area contributed by atoms with Gasteiger partial charge in [-0.1, -0.05) is 72.3 Å². The van der Waals surface area contributed by atoms with Gasteiger partial charge in [0.15, 0.2) is 0 Å². The molecule has 1 amide bonds. The van der Waals surface area contributed by atoms with Crippen LogP contribution in [0.5, 0.6) is 0 Å². The highest BCUT2D eigenvalue weighted by Crippen LogP contribution is 2.29. The second kappa shape index (κ2) is 8.84. The number of nitrogens with zero attached hydrogens (tertiary/aromatic N) is 1. The number of hydrogen-bond acceptors (Lipinski definition) is 5. The maximum absolute atomic E-state index is 12.5. The molecule has 0 bridgehead atoms. The number of benzene rings is 3. The third-order valence-corrected chi connectivity index (χ3v) is 6.28. The highest BCUT2D eigenvalue weighted by atomic mass is 32.1. The van der Waals surface area contributed by atoms with Crippen molar-refractivity contribution < 1.29 is 9.21 Å². The van der Waals surface area contributed by atoms with Crippen molar-refractivity contribution in [3.63, 3.8) is 0 Å². The number of thiazole rings is 1. The first-order valence-electron chi connectivity index (χ1n) is 10.5. The summed E-state index contributed by atoms with van der Waals surface area (Å²) in [6.45, 7) is 2.37. The number of para-hydroxylation sites is 1. The van der Waals surface area contributed by atoms with Crippen molar-refractivity contribution in [1.29, 1.82) is 0 Å². The fourth-order valence-electron chi connectivity index (χ4n) is 3.53. The molecule has 0 saturated heterocycles. The summed E-state index contributed by atoms with van der Waals surface area (Å²) in [6.07, 6.45) is 0. The van der Waals surface area contributed by atoms with Gasteiger partial charge in [0.25, 0.3) is 5.91 Å². The van der Waals surface area contributed by atoms with Crippen LogP contribution in [0.1, 0.15) is 21.5 Å². The molecule has 1 N–H and O–H groups in total. The lowest BCUT2D eigenvalue weighted by Gasteiger charge is -2.06. The number of hydrogen-bond donors (Lipinski definition) is 1. The summed E-state index contributed by atoms with van der Waals surface area (Å²) >= 11 is 1.60. The highest BCUT2D eigenvalue weighted by molar-refractivity contribution is 7.13. The van der Waals surface area contributed by atoms with E-state index in [-0.39, 0.29) is 5.56 Å². The molecule has 6 heteroatoms. The van der Waals surface area contributed by atoms with Gasteiger partial charge in [-0.15, -0.1) is 11.3 Å². The van der Waals surface area contributed by atoms with E-state index < -0.39 is 11.5 Å². The van der Waals surface area contributed by atoms with E-state index in [9.17, 15) is 9.59 Å². The van der Waals surface area contributed by atoms with Gasteiger partial charge in [-0.2, -0.15) is 0 Å². The molecule has 0 aliphatic heterocycles. The molecular formula is C27H20N2O3S. The van der Waals surface area contributed by atoms with Gasteiger partial charge in [0.2, 0.25) is 0 Å². The van der Waals surface area contributed by atoms with E-state index in [1.165, 1.54) is 5.56 Å². The molecule has 0 unspecified atom stereocenters. The Morgan fingerprint density at radius 3 is 2.48 bits per heavy atom. The molecule has 2 heterocycles. The van der Waals surface area contributed by atoms with Gasteiger partial charge in [-0.3, -0.25) is 4.79 Å². The second-order valence-electron chi connectivity index (χ2n) is 7.77. The minimum Gasteiger partial charge on any atom is -0.422 e. The van der Waals surface area contributed by atoms with Crippen molar-refractivity contribution in [3.05, 3.63) is 111 Å². The molecule has 162 valence electrons. The lowest BCUT2D eigenvalue weighted by Crippen LogP contribution is -2.27. The zero-order chi connectivity index (χ0) is 22.8. The van der Waals surface area contributed by atoms with Crippen LogP contribution < -0.4 is 10.9 Å². The summed E-state index contributed by atoms with van der Waals surface area (Å²) in [7, 11) is 0. The standard InChI is InChI=1S/C27H20N2O3S/c1-17-6-10-19(11-7-17)23-16-33-26(29-23)20-12-8-18(9-13-20)15-28-25(30)22-14-21-4-2-3-5-24(21)32-27(22)31/h2-14,16H,15H2,1H3,(H,28,30). The molecule has 5 aromatic rings. The van der Waals surface area contributed by atoms with Crippen molar-refractivity contribution in [2.45, 2.75) is 13.5 Å². The van der Waals surface area contributed by atoms with E-state index in [1.807, 2.05) is 30.3 Å². The molecule has 0 aliphatic rings. The van der Waals surface area contributed by atoms with Crippen molar-refractivity contribution >= 4 is 28.2 Å². The molecule has 0 aliphatic carbocycles. The van der Waals surface area contributed by atoms with E-state index >= 15 is 0 Å². The third-order valence-electron chi connectivity index (χ3n) is 5.39. The van der Waals surface area contributed by atoms with E-state index in [0.29, 0.717) is 17.5 Å². The van der Waals surface area contributed by atoms with Crippen LogP contribution in [0.2, 0.25) is 0 Å². The number of carbonyl (C=O) groups is 1. The molecule has 0 saturated carbocycles. The van der Waals surface area contributed by atoms with Crippen LogP contribution in [-0.2, 0) is 6.54 Å². The van der Waals surface area contributed by atoms with Crippen molar-refractivity contribution in [1.82, 2.24) is 10.3 Å². The Labute approximate surface area is 194 Å². The van der Waals surface area contributed by atoms with Crippen LogP contribution in [0.4, 0.5) is 0 Å². The van der Waals surface area contributed by atoms with E-state index in [1.54, 1.807) is 35.6 Å². The summed E-state index contributed by atoms with van der Waals surface area (Å²) in [5.41, 5.74) is 5.03. The van der Waals surface area contributed by atoms with Crippen LogP contribution in [0.25, 0.3) is 32.8 Å². The Bertz CT molecular complexity index is 1500. The lowest BCUT2D eigenvalue weighted by molar-refractivity contribution is 0.0947. The summed E-state index contributed by atoms with van der Waals surface area (Å²) in [5, 5.41) is 6.51. The number of carbonyl (C=O) groups excluding carboxylic acids is 1. The Morgan fingerprint density at radius 1 is 0.970 bits per heavy atom. The maximum atomic E-state index is 12.5. The van der Waals surface area contributed by atoms with E-state index in [0.717, 1.165) is 27.4 Å². The average molecular weight is 453 g/mol. The van der Waals surface area contributed by atoms with Crippen LogP contribution in [-0.4, -0.2) is 10.9 Å². The van der Waals surface area contributed by atoms with Gasteiger partial charge in [0.1, 0.15) is 16.2 Å². The molecule has 3 aromatic carbocycles. The molecule has 2 aromatic heterocycles. The fraction of sp³-hybridized carbons (Fsp3) is 0.0741. The number of aromatic nitrogens is 1. The topological polar surface area (TPSA) is 72.2 Å². The van der Waals surface area contributed by atoms with Gasteiger partial charge in [0, 0.05) is 28.4 Å². The SMILES string of the molecule is Cc1ccc(-c2csc(-c3ccc(CNC(=O)c4cc5ccccc5oc4=O)cc3)n2)cc1. The van der Waals surface area contributed by atoms with Crippen LogP contribution in [0.15, 0.2) is 93.5 Å². The summed E-state index contributed by atoms with van der Waals surface area (Å²) < 4.78 is 5.25. The minimum atomic E-state index is -0.644. The zero-order valence-corrected chi connectivity index (χ0v) is 18.7. The monoisotopic (exact) mass is 452 g/mol. The molecule has 0 spiro atoms. The van der Waals surface area contributed by atoms with Crippen LogP contribution in [0, 0.1) is 6.92 Å². The third kappa shape index (κ3) is 4.47. The number of amides is 1. The first kappa shape index (κ1) is 20.8. The van der Waals surface area contributed by atoms with Gasteiger partial charge >= 0.3 is 5.63 Å². The van der Waals surface area contributed by atoms with Gasteiger partial charge < -0.3 is 9.73 Å². The number of rotatable bonds is 5. The van der Waals surface area contributed by atoms with Gasteiger partial charge in [-0.25, -0.2) is 9.78 Å². The Balaban J connectivity index is 1.27. The van der Waals surface area contributed by atoms with Gasteiger partial charge in [-0.05, 0) is 24.6 Å². The molecular weight excluding hydrogens is 432 g/mol. The molecule has 5 rings (SSSR count). The second-order valence-corrected chi connectivity index (χ2v) is 8.63. The van der Waals surface area contributed by atoms with Gasteiger partial charge in [0.05, 0.1) is 5.69 Å². The minimum absolute atomic E-state index is 0.00302. The first-order valence-corrected chi connectivity index (χ1v) is 11.4. The first-order chi connectivity index (χ1) is 16.1. The van der Waals surface area contributed by atoms with Crippen molar-refractivity contribution in [2.75, 3.05) is 0 Å². The van der Waals surface area contributed by atoms with E-state index in [2.05, 4.69) is 41.9 Å². The number of nitrogens with one attached hydrogen (secondary N) is 1. The molecule has 0 radical (unpaired) electrons. The molecule has 0 fully saturated rings. The van der Waals surface area contributed by atoms with Crippen molar-refractivity contribution in [3.8, 4) is 21.8 Å². The zero-order valence-electron chi connectivity index (χ0n) is 17.9. The Kier molecular flexibility index (Phi) is 5.59. The summed E-state index contributed by atoms with van der Waals surface area (Å²) in [5.74, 6) is -0.457. The fourth-order valence-corrected chi connectivity index (χ4v) is 4.36. The quantitative estimate of drug-likeness (QED) is 0.341. The number of fused-ring (bicyclic) bond motifs is 1. The Morgan fingerprint density at radius 2 is 1.70 bits per heavy atom. The molecule has 33 heavy (non-hydrogen) atoms. The van der Waals surface area contributed by atoms with Crippen LogP contribution in [0.3, 0.4) is 0 Å². The van der Waals surface area contributed by atoms with E-state index in [4.69, 9.17) is 9.40 Å². The largest absolute Gasteiger partial charge is 0.422 e. The maximum Gasteiger partial charge on any atom is 0.349 e. The summed E-state index contributed by atoms with van der Waals surface area (Å²) in [6, 6.07) is 24.9. The Hall–Kier alpha value is -4.03. The molecule has 5 nitrogen and oxygen atoms in total. The summed E-state index contributed by atoms with van der Waals surface area (Å²) in [4.78, 5) is 29.5. The average Bonchev–Trinajstić information content (AvgIpc) is 3.33. The molecule has 0 atom stereocenters. The lowest BCUT2D eigenvalue weighted by atomic mass is 10.1. The normalized spacial score (nSPS) is 10.9.